The Balaban J connectivity index is 3.28. The Hall–Kier alpha value is -0.120. The summed E-state index contributed by atoms with van der Waals surface area (Å²) in [6.45, 7) is 8.35. The Kier molecular flexibility index (Phi) is 4.60. The number of nitrogens with one attached hydrogen (secondary N) is 2. The first-order valence-electron chi connectivity index (χ1n) is 3.76. The molecule has 4 N–H and O–H groups in total. The SMILES string of the molecule is CCC(C)(C)CNCNN. The maximum absolute atomic E-state index is 5.09. The van der Waals surface area contributed by atoms with Crippen LogP contribution in [0.25, 0.3) is 0 Å². The summed E-state index contributed by atoms with van der Waals surface area (Å²) in [6, 6.07) is 0. The average Bonchev–Trinajstić information content (AvgIpc) is 1.89. The molecule has 0 heterocycles. The minimum absolute atomic E-state index is 0.386. The summed E-state index contributed by atoms with van der Waals surface area (Å²) in [5, 5.41) is 3.19. The second kappa shape index (κ2) is 4.66. The van der Waals surface area contributed by atoms with E-state index in [1.807, 2.05) is 0 Å². The molecule has 0 aromatic carbocycles. The van der Waals surface area contributed by atoms with E-state index in [2.05, 4.69) is 31.5 Å². The van der Waals surface area contributed by atoms with Crippen LogP contribution in [0.2, 0.25) is 0 Å². The lowest BCUT2D eigenvalue weighted by Gasteiger charge is -2.22. The molecule has 0 spiro atoms. The van der Waals surface area contributed by atoms with E-state index in [4.69, 9.17) is 5.84 Å². The zero-order valence-electron chi connectivity index (χ0n) is 7.20. The number of nitrogens with two attached hydrogens (primary N) is 1. The fourth-order valence-electron chi connectivity index (χ4n) is 0.598. The van der Waals surface area contributed by atoms with Gasteiger partial charge in [0.25, 0.3) is 0 Å². The molecule has 0 aliphatic rings. The zero-order valence-corrected chi connectivity index (χ0v) is 7.20. The first-order valence-corrected chi connectivity index (χ1v) is 3.76. The third kappa shape index (κ3) is 4.73. The lowest BCUT2D eigenvalue weighted by atomic mass is 9.90. The van der Waals surface area contributed by atoms with Crippen LogP contribution in [-0.2, 0) is 0 Å². The van der Waals surface area contributed by atoms with Crippen LogP contribution in [0.15, 0.2) is 0 Å². The minimum Gasteiger partial charge on any atom is -0.303 e. The Morgan fingerprint density at radius 1 is 1.40 bits per heavy atom. The highest BCUT2D eigenvalue weighted by Gasteiger charge is 2.12. The van der Waals surface area contributed by atoms with E-state index in [1.165, 1.54) is 6.42 Å². The van der Waals surface area contributed by atoms with Gasteiger partial charge in [0.1, 0.15) is 0 Å². The Bertz CT molecular complexity index is 80.9. The van der Waals surface area contributed by atoms with Crippen molar-refractivity contribution in [3.8, 4) is 0 Å². The van der Waals surface area contributed by atoms with Crippen molar-refractivity contribution in [2.24, 2.45) is 11.3 Å². The number of rotatable bonds is 5. The third-order valence-corrected chi connectivity index (χ3v) is 1.79. The average molecular weight is 145 g/mol. The first kappa shape index (κ1) is 9.88. The third-order valence-electron chi connectivity index (χ3n) is 1.79. The predicted molar refractivity (Wildman–Crippen MR) is 44.3 cm³/mol. The highest BCUT2D eigenvalue weighted by Crippen LogP contribution is 2.17. The smallest absolute Gasteiger partial charge is 0.0587 e. The maximum Gasteiger partial charge on any atom is 0.0587 e. The highest BCUT2D eigenvalue weighted by atomic mass is 15.3. The van der Waals surface area contributed by atoms with Crippen molar-refractivity contribution in [1.29, 1.82) is 0 Å². The van der Waals surface area contributed by atoms with Crippen LogP contribution in [0.5, 0.6) is 0 Å². The quantitative estimate of drug-likeness (QED) is 0.228. The van der Waals surface area contributed by atoms with Crippen LogP contribution in [0.3, 0.4) is 0 Å². The van der Waals surface area contributed by atoms with Gasteiger partial charge in [0, 0.05) is 6.54 Å². The summed E-state index contributed by atoms with van der Waals surface area (Å²) >= 11 is 0. The van der Waals surface area contributed by atoms with Crippen molar-refractivity contribution in [2.45, 2.75) is 27.2 Å². The van der Waals surface area contributed by atoms with Gasteiger partial charge in [-0.15, -0.1) is 0 Å². The molecule has 10 heavy (non-hydrogen) atoms. The molecule has 3 heteroatoms. The molecule has 0 atom stereocenters. The van der Waals surface area contributed by atoms with Crippen LogP contribution in [0.4, 0.5) is 0 Å². The monoisotopic (exact) mass is 145 g/mol. The molecule has 0 rings (SSSR count). The fraction of sp³-hybridized carbons (Fsp3) is 1.00. The highest BCUT2D eigenvalue weighted by molar-refractivity contribution is 4.68. The second-order valence-electron chi connectivity index (χ2n) is 3.33. The van der Waals surface area contributed by atoms with Crippen molar-refractivity contribution >= 4 is 0 Å². The molecule has 0 radical (unpaired) electrons. The van der Waals surface area contributed by atoms with Crippen molar-refractivity contribution in [2.75, 3.05) is 13.2 Å². The molecule has 0 aliphatic heterocycles. The van der Waals surface area contributed by atoms with Crippen LogP contribution in [0, 0.1) is 5.41 Å². The van der Waals surface area contributed by atoms with E-state index >= 15 is 0 Å². The normalized spacial score (nSPS) is 12.0. The summed E-state index contributed by atoms with van der Waals surface area (Å²) in [4.78, 5) is 0. The van der Waals surface area contributed by atoms with Crippen molar-refractivity contribution in [1.82, 2.24) is 10.7 Å². The first-order chi connectivity index (χ1) is 4.62. The second-order valence-corrected chi connectivity index (χ2v) is 3.33. The van der Waals surface area contributed by atoms with E-state index in [0.717, 1.165) is 6.54 Å². The Morgan fingerprint density at radius 3 is 2.40 bits per heavy atom. The van der Waals surface area contributed by atoms with Gasteiger partial charge >= 0.3 is 0 Å². The van der Waals surface area contributed by atoms with Gasteiger partial charge < -0.3 is 5.32 Å². The molecule has 3 nitrogen and oxygen atoms in total. The minimum atomic E-state index is 0.386. The lowest BCUT2D eigenvalue weighted by molar-refractivity contribution is 0.324. The van der Waals surface area contributed by atoms with E-state index in [9.17, 15) is 0 Å². The Morgan fingerprint density at radius 2 is 2.00 bits per heavy atom. The van der Waals surface area contributed by atoms with Gasteiger partial charge in [-0.2, -0.15) is 0 Å². The van der Waals surface area contributed by atoms with Crippen LogP contribution >= 0.6 is 0 Å². The molecule has 0 saturated heterocycles. The molecule has 62 valence electrons. The van der Waals surface area contributed by atoms with Gasteiger partial charge in [-0.25, -0.2) is 5.43 Å². The van der Waals surface area contributed by atoms with Gasteiger partial charge in [-0.1, -0.05) is 20.8 Å². The molecule has 0 unspecified atom stereocenters. The van der Waals surface area contributed by atoms with Gasteiger partial charge in [0.2, 0.25) is 0 Å². The number of hydrogen-bond donors (Lipinski definition) is 3. The van der Waals surface area contributed by atoms with Gasteiger partial charge in [-0.05, 0) is 11.8 Å². The van der Waals surface area contributed by atoms with E-state index in [1.54, 1.807) is 0 Å². The fourth-order valence-corrected chi connectivity index (χ4v) is 0.598. The van der Waals surface area contributed by atoms with Crippen molar-refractivity contribution in [3.63, 3.8) is 0 Å². The summed E-state index contributed by atoms with van der Waals surface area (Å²) in [7, 11) is 0. The molecule has 0 saturated carbocycles. The molecule has 0 bridgehead atoms. The molecule has 0 aromatic rings. The number of hydrazine groups is 1. The van der Waals surface area contributed by atoms with E-state index in [-0.39, 0.29) is 0 Å². The van der Waals surface area contributed by atoms with Crippen LogP contribution < -0.4 is 16.6 Å². The van der Waals surface area contributed by atoms with Crippen LogP contribution in [0.1, 0.15) is 27.2 Å². The Labute approximate surface area is 63.3 Å². The number of hydrogen-bond acceptors (Lipinski definition) is 3. The standard InChI is InChI=1S/C7H19N3/c1-4-7(2,3)5-9-6-10-8/h9-10H,4-6,8H2,1-3H3. The van der Waals surface area contributed by atoms with E-state index in [0.29, 0.717) is 12.1 Å². The zero-order chi connectivity index (χ0) is 8.04. The molecule has 0 fully saturated rings. The topological polar surface area (TPSA) is 50.1 Å². The van der Waals surface area contributed by atoms with E-state index < -0.39 is 0 Å². The molecular weight excluding hydrogens is 126 g/mol. The van der Waals surface area contributed by atoms with Gasteiger partial charge in [0.05, 0.1) is 6.67 Å². The van der Waals surface area contributed by atoms with Crippen molar-refractivity contribution in [3.05, 3.63) is 0 Å². The summed E-state index contributed by atoms with van der Waals surface area (Å²) in [5.74, 6) is 5.09. The molecular formula is C7H19N3. The summed E-state index contributed by atoms with van der Waals surface area (Å²) in [6.07, 6.45) is 1.19. The molecule has 0 amide bonds. The van der Waals surface area contributed by atoms with Crippen LogP contribution in [-0.4, -0.2) is 13.2 Å². The summed E-state index contributed by atoms with van der Waals surface area (Å²) in [5.41, 5.74) is 2.94. The van der Waals surface area contributed by atoms with Crippen molar-refractivity contribution < 1.29 is 0 Å². The summed E-state index contributed by atoms with van der Waals surface area (Å²) < 4.78 is 0. The molecule has 0 aromatic heterocycles. The largest absolute Gasteiger partial charge is 0.303 e. The lowest BCUT2D eigenvalue weighted by Crippen LogP contribution is -2.38. The van der Waals surface area contributed by atoms with Gasteiger partial charge in [-0.3, -0.25) is 5.84 Å². The predicted octanol–water partition coefficient (Wildman–Crippen LogP) is 0.433. The van der Waals surface area contributed by atoms with Gasteiger partial charge in [0.15, 0.2) is 0 Å². The molecule has 0 aliphatic carbocycles. The maximum atomic E-state index is 5.09.